The summed E-state index contributed by atoms with van der Waals surface area (Å²) in [6.45, 7) is 0.537. The molecule has 0 unspecified atom stereocenters. The van der Waals surface area contributed by atoms with Gasteiger partial charge >= 0.3 is 10.4 Å². The molecule has 0 atom stereocenters. The van der Waals surface area contributed by atoms with Gasteiger partial charge < -0.3 is 4.18 Å². The van der Waals surface area contributed by atoms with E-state index in [0.29, 0.717) is 12.3 Å². The molecule has 0 spiro atoms. The summed E-state index contributed by atoms with van der Waals surface area (Å²) < 4.78 is 32.2. The Morgan fingerprint density at radius 2 is 2.40 bits per heavy atom. The van der Waals surface area contributed by atoms with E-state index in [-0.39, 0.29) is 5.23 Å². The smallest absolute Gasteiger partial charge is 0.335 e. The minimum atomic E-state index is -4.36. The number of nitrogens with zero attached hydrogens (tertiary/aromatic N) is 1. The van der Waals surface area contributed by atoms with Crippen LogP contribution in [0.1, 0.15) is 0 Å². The van der Waals surface area contributed by atoms with Gasteiger partial charge in [-0.3, -0.25) is 4.55 Å². The Morgan fingerprint density at radius 1 is 1.70 bits per heavy atom. The summed E-state index contributed by atoms with van der Waals surface area (Å²) in [6.07, 6.45) is 0. The fourth-order valence-electron chi connectivity index (χ4n) is 0.456. The zero-order chi connectivity index (χ0) is 7.61. The van der Waals surface area contributed by atoms with Crippen LogP contribution < -0.4 is 0 Å². The second-order valence-corrected chi connectivity index (χ2v) is 3.58. The molecule has 0 aromatic carbocycles. The van der Waals surface area contributed by atoms with Crippen LogP contribution in [-0.2, 0) is 14.6 Å². The molecule has 0 aromatic rings. The summed E-state index contributed by atoms with van der Waals surface area (Å²) in [5.74, 6) is 0.699. The summed E-state index contributed by atoms with van der Waals surface area (Å²) in [5.41, 5.74) is 0. The summed E-state index contributed by atoms with van der Waals surface area (Å²) in [6, 6.07) is 0. The van der Waals surface area contributed by atoms with Gasteiger partial charge in [0.15, 0.2) is 0 Å². The van der Waals surface area contributed by atoms with Gasteiger partial charge in [-0.2, -0.15) is 8.42 Å². The first-order valence-corrected chi connectivity index (χ1v) is 4.77. The lowest BCUT2D eigenvalue weighted by Gasteiger charge is -1.96. The van der Waals surface area contributed by atoms with Crippen LogP contribution in [0.25, 0.3) is 0 Å². The molecule has 10 heavy (non-hydrogen) atoms. The van der Waals surface area contributed by atoms with Gasteiger partial charge in [0.05, 0.1) is 6.54 Å². The van der Waals surface area contributed by atoms with Gasteiger partial charge in [-0.15, -0.1) is 0 Å². The van der Waals surface area contributed by atoms with Gasteiger partial charge in [-0.25, -0.2) is 4.99 Å². The summed E-state index contributed by atoms with van der Waals surface area (Å²) in [5, 5.41) is 0.0162. The largest absolute Gasteiger partial charge is 0.448 e. The minimum absolute atomic E-state index is 0.0162. The third-order valence-corrected chi connectivity index (χ3v) is 2.05. The highest BCUT2D eigenvalue weighted by Gasteiger charge is 2.14. The first kappa shape index (κ1) is 7.83. The maximum atomic E-state index is 10.0. The number of thioether (sulfide) groups is 1. The molecule has 1 aliphatic rings. The molecule has 0 amide bonds. The van der Waals surface area contributed by atoms with E-state index in [0.717, 1.165) is 11.8 Å². The lowest BCUT2D eigenvalue weighted by Crippen LogP contribution is -2.06. The van der Waals surface area contributed by atoms with Crippen LogP contribution in [0.15, 0.2) is 4.99 Å². The first-order chi connectivity index (χ1) is 4.58. The molecule has 0 radical (unpaired) electrons. The Hall–Kier alpha value is -0.270. The Morgan fingerprint density at radius 3 is 2.80 bits per heavy atom. The zero-order valence-electron chi connectivity index (χ0n) is 4.85. The lowest BCUT2D eigenvalue weighted by atomic mass is 10.8. The van der Waals surface area contributed by atoms with Crippen molar-refractivity contribution in [1.82, 2.24) is 0 Å². The molecular weight excluding hydrogens is 178 g/mol. The van der Waals surface area contributed by atoms with Crippen LogP contribution in [0.3, 0.4) is 0 Å². The topological polar surface area (TPSA) is 76.0 Å². The summed E-state index contributed by atoms with van der Waals surface area (Å²) in [7, 11) is -4.36. The Kier molecular flexibility index (Phi) is 2.17. The average Bonchev–Trinajstić information content (AvgIpc) is 2.12. The van der Waals surface area contributed by atoms with Gasteiger partial charge in [-0.1, -0.05) is 11.8 Å². The molecule has 7 heteroatoms. The molecule has 1 N–H and O–H groups in total. The van der Waals surface area contributed by atoms with Crippen molar-refractivity contribution in [3.8, 4) is 0 Å². The van der Waals surface area contributed by atoms with E-state index in [1.54, 1.807) is 0 Å². The maximum absolute atomic E-state index is 10.0. The number of aliphatic imine (C=N–C) groups is 1. The van der Waals surface area contributed by atoms with Crippen LogP contribution in [0.2, 0.25) is 0 Å². The Bertz CT molecular complexity index is 243. The van der Waals surface area contributed by atoms with Crippen molar-refractivity contribution in [2.45, 2.75) is 0 Å². The molecule has 58 valence electrons. The number of hydrogen-bond donors (Lipinski definition) is 1. The number of rotatable bonds is 1. The van der Waals surface area contributed by atoms with E-state index in [2.05, 4.69) is 9.18 Å². The second-order valence-electron chi connectivity index (χ2n) is 1.51. The van der Waals surface area contributed by atoms with Crippen LogP contribution in [0, 0.1) is 0 Å². The first-order valence-electron chi connectivity index (χ1n) is 2.42. The molecule has 0 aliphatic carbocycles. The Labute approximate surface area is 62.4 Å². The molecule has 5 nitrogen and oxygen atoms in total. The Balaban J connectivity index is 2.54. The van der Waals surface area contributed by atoms with Crippen LogP contribution in [-0.4, -0.2) is 30.5 Å². The normalized spacial score (nSPS) is 18.7. The highest BCUT2D eigenvalue weighted by atomic mass is 32.3. The van der Waals surface area contributed by atoms with E-state index < -0.39 is 10.4 Å². The fourth-order valence-corrected chi connectivity index (χ4v) is 1.68. The molecule has 1 aliphatic heterocycles. The van der Waals surface area contributed by atoms with E-state index in [4.69, 9.17) is 4.55 Å². The molecular formula is C3H5NO4S2. The molecule has 0 saturated carbocycles. The predicted octanol–water partition coefficient (Wildman–Crippen LogP) is -0.0914. The van der Waals surface area contributed by atoms with E-state index in [9.17, 15) is 8.42 Å². The van der Waals surface area contributed by atoms with Crippen LogP contribution in [0.5, 0.6) is 0 Å². The van der Waals surface area contributed by atoms with Crippen molar-refractivity contribution in [1.29, 1.82) is 0 Å². The van der Waals surface area contributed by atoms with Crippen molar-refractivity contribution in [3.05, 3.63) is 0 Å². The van der Waals surface area contributed by atoms with Crippen molar-refractivity contribution >= 4 is 27.4 Å². The zero-order valence-corrected chi connectivity index (χ0v) is 6.48. The molecule has 0 saturated heterocycles. The van der Waals surface area contributed by atoms with Gasteiger partial charge in [0.2, 0.25) is 0 Å². The van der Waals surface area contributed by atoms with Gasteiger partial charge in [-0.05, 0) is 0 Å². The number of hydrogen-bond acceptors (Lipinski definition) is 5. The maximum Gasteiger partial charge on any atom is 0.448 e. The molecule has 1 heterocycles. The van der Waals surface area contributed by atoms with E-state index in [1.165, 1.54) is 0 Å². The highest BCUT2D eigenvalue weighted by molar-refractivity contribution is 8.14. The minimum Gasteiger partial charge on any atom is -0.335 e. The standard InChI is InChI=1S/C3H5NO4S2/c5-10(6,7)8-3-4-1-2-9-3/h1-2H2,(H,5,6,7). The van der Waals surface area contributed by atoms with E-state index in [1.807, 2.05) is 0 Å². The van der Waals surface area contributed by atoms with E-state index >= 15 is 0 Å². The molecule has 1 rings (SSSR count). The highest BCUT2D eigenvalue weighted by Crippen LogP contribution is 2.13. The summed E-state index contributed by atoms with van der Waals surface area (Å²) >= 11 is 1.16. The van der Waals surface area contributed by atoms with Crippen LogP contribution >= 0.6 is 11.8 Å². The third-order valence-electron chi connectivity index (χ3n) is 0.734. The van der Waals surface area contributed by atoms with Crippen molar-refractivity contribution < 1.29 is 17.2 Å². The van der Waals surface area contributed by atoms with Crippen molar-refractivity contribution in [2.75, 3.05) is 12.3 Å². The third kappa shape index (κ3) is 2.54. The predicted molar refractivity (Wildman–Crippen MR) is 37.4 cm³/mol. The summed E-state index contributed by atoms with van der Waals surface area (Å²) in [4.78, 5) is 3.64. The molecule has 0 fully saturated rings. The molecule has 0 aromatic heterocycles. The average molecular weight is 183 g/mol. The van der Waals surface area contributed by atoms with Gasteiger partial charge in [0, 0.05) is 5.75 Å². The monoisotopic (exact) mass is 183 g/mol. The molecule has 0 bridgehead atoms. The van der Waals surface area contributed by atoms with Crippen LogP contribution in [0.4, 0.5) is 0 Å². The van der Waals surface area contributed by atoms with Gasteiger partial charge in [0.25, 0.3) is 5.23 Å². The van der Waals surface area contributed by atoms with Crippen molar-refractivity contribution in [2.24, 2.45) is 4.99 Å². The lowest BCUT2D eigenvalue weighted by molar-refractivity contribution is 0.387. The SMILES string of the molecule is O=S(=O)(O)OC1=NCCS1. The van der Waals surface area contributed by atoms with Crippen molar-refractivity contribution in [3.63, 3.8) is 0 Å². The van der Waals surface area contributed by atoms with Gasteiger partial charge in [0.1, 0.15) is 0 Å². The fraction of sp³-hybridized carbons (Fsp3) is 0.667. The second kappa shape index (κ2) is 2.77. The quantitative estimate of drug-likeness (QED) is 0.575.